The summed E-state index contributed by atoms with van der Waals surface area (Å²) in [4.78, 5) is 45.6. The molecule has 0 fully saturated rings. The summed E-state index contributed by atoms with van der Waals surface area (Å²) in [6, 6.07) is 14.9. The minimum atomic E-state index is -0.619. The number of hydrogen-bond donors (Lipinski definition) is 1. The number of anilines is 1. The molecule has 0 atom stereocenters. The highest BCUT2D eigenvalue weighted by atomic mass is 32.2. The first-order valence-corrected chi connectivity index (χ1v) is 14.4. The van der Waals surface area contributed by atoms with Crippen molar-refractivity contribution in [1.82, 2.24) is 9.55 Å². The molecule has 1 N–H and O–H groups in total. The number of thiophene rings is 2. The number of thioether (sulfide) groups is 1. The van der Waals surface area contributed by atoms with Crippen LogP contribution in [0.15, 0.2) is 69.9 Å². The maximum absolute atomic E-state index is 13.6. The van der Waals surface area contributed by atoms with Crippen LogP contribution in [0.5, 0.6) is 0 Å². The second-order valence-electron chi connectivity index (χ2n) is 8.52. The van der Waals surface area contributed by atoms with E-state index in [-0.39, 0.29) is 22.8 Å². The van der Waals surface area contributed by atoms with Crippen LogP contribution < -0.4 is 10.9 Å². The van der Waals surface area contributed by atoms with Crippen LogP contribution in [0.1, 0.15) is 20.8 Å². The van der Waals surface area contributed by atoms with Crippen molar-refractivity contribution in [2.24, 2.45) is 0 Å². The molecule has 0 radical (unpaired) electrons. The molecule has 5 rings (SSSR count). The quantitative estimate of drug-likeness (QED) is 0.135. The SMILES string of the molecule is COC(=O)c1c(-c2ccc(F)cc2)csc1NC(=O)CSc1nc2sc(C)c(C)c2c(=O)n1-c1ccccc1. The monoisotopic (exact) mass is 579 g/mol. The molecule has 2 aromatic carbocycles. The summed E-state index contributed by atoms with van der Waals surface area (Å²) in [5, 5.41) is 5.79. The molecular weight excluding hydrogens is 558 g/mol. The lowest BCUT2D eigenvalue weighted by Gasteiger charge is -2.12. The zero-order valence-electron chi connectivity index (χ0n) is 21.1. The Morgan fingerprint density at radius 2 is 1.82 bits per heavy atom. The Bertz CT molecular complexity index is 1760. The normalized spacial score (nSPS) is 11.1. The van der Waals surface area contributed by atoms with Crippen LogP contribution in [-0.2, 0) is 9.53 Å². The lowest BCUT2D eigenvalue weighted by Crippen LogP contribution is -2.23. The average Bonchev–Trinajstić information content (AvgIpc) is 3.47. The van der Waals surface area contributed by atoms with E-state index in [1.165, 1.54) is 46.5 Å². The highest BCUT2D eigenvalue weighted by Gasteiger charge is 2.23. The van der Waals surface area contributed by atoms with Gasteiger partial charge in [-0.05, 0) is 49.2 Å². The second kappa shape index (κ2) is 11.1. The predicted molar refractivity (Wildman–Crippen MR) is 155 cm³/mol. The molecule has 7 nitrogen and oxygen atoms in total. The summed E-state index contributed by atoms with van der Waals surface area (Å²) in [5.41, 5.74) is 2.70. The fourth-order valence-electron chi connectivity index (χ4n) is 4.07. The third-order valence-electron chi connectivity index (χ3n) is 6.11. The molecule has 3 aromatic heterocycles. The molecule has 0 bridgehead atoms. The van der Waals surface area contributed by atoms with Gasteiger partial charge in [0.2, 0.25) is 5.91 Å². The number of hydrogen-bond acceptors (Lipinski definition) is 8. The van der Waals surface area contributed by atoms with Crippen molar-refractivity contribution in [3.63, 3.8) is 0 Å². The predicted octanol–water partition coefficient (Wildman–Crippen LogP) is 6.45. The van der Waals surface area contributed by atoms with Gasteiger partial charge in [-0.25, -0.2) is 14.2 Å². The van der Waals surface area contributed by atoms with Gasteiger partial charge in [-0.2, -0.15) is 0 Å². The van der Waals surface area contributed by atoms with E-state index < -0.39 is 11.8 Å². The van der Waals surface area contributed by atoms with E-state index in [1.54, 1.807) is 17.5 Å². The minimum absolute atomic E-state index is 0.0570. The van der Waals surface area contributed by atoms with Gasteiger partial charge in [-0.1, -0.05) is 42.1 Å². The van der Waals surface area contributed by atoms with Gasteiger partial charge in [0.05, 0.1) is 23.9 Å². The molecule has 1 amide bonds. The highest BCUT2D eigenvalue weighted by molar-refractivity contribution is 7.99. The van der Waals surface area contributed by atoms with Crippen LogP contribution in [0.2, 0.25) is 0 Å². The number of aryl methyl sites for hydroxylation is 2. The molecular formula is C28H22FN3O4S3. The number of carbonyl (C=O) groups is 2. The van der Waals surface area contributed by atoms with E-state index >= 15 is 0 Å². The minimum Gasteiger partial charge on any atom is -0.465 e. The Morgan fingerprint density at radius 3 is 2.51 bits per heavy atom. The smallest absolute Gasteiger partial charge is 0.341 e. The summed E-state index contributed by atoms with van der Waals surface area (Å²) < 4.78 is 19.9. The van der Waals surface area contributed by atoms with Gasteiger partial charge < -0.3 is 10.1 Å². The van der Waals surface area contributed by atoms with E-state index in [2.05, 4.69) is 5.32 Å². The standard InChI is InChI=1S/C28H22FN3O4S3/c1-15-16(2)39-25-22(15)26(34)32(19-7-5-4-6-8-19)28(31-25)38-14-21(33)30-24-23(27(35)36-3)20(13-37-24)17-9-11-18(29)12-10-17/h4-13H,14H2,1-3H3,(H,30,33). The second-order valence-corrected chi connectivity index (χ2v) is 11.5. The van der Waals surface area contributed by atoms with Crippen molar-refractivity contribution in [1.29, 1.82) is 0 Å². The molecule has 0 saturated carbocycles. The number of para-hydroxylation sites is 1. The number of ether oxygens (including phenoxy) is 1. The van der Waals surface area contributed by atoms with Gasteiger partial charge in [-0.3, -0.25) is 14.2 Å². The number of esters is 1. The lowest BCUT2D eigenvalue weighted by atomic mass is 10.0. The Morgan fingerprint density at radius 1 is 1.10 bits per heavy atom. The Balaban J connectivity index is 1.45. The van der Waals surface area contributed by atoms with Crippen molar-refractivity contribution in [3.05, 3.63) is 92.2 Å². The maximum atomic E-state index is 13.6. The number of benzene rings is 2. The Hall–Kier alpha value is -3.80. The maximum Gasteiger partial charge on any atom is 0.341 e. The third kappa shape index (κ3) is 5.25. The summed E-state index contributed by atoms with van der Waals surface area (Å²) >= 11 is 3.75. The highest BCUT2D eigenvalue weighted by Crippen LogP contribution is 2.36. The van der Waals surface area contributed by atoms with Crippen molar-refractivity contribution in [3.8, 4) is 16.8 Å². The molecule has 5 aromatic rings. The van der Waals surface area contributed by atoms with E-state index in [0.717, 1.165) is 22.2 Å². The summed E-state index contributed by atoms with van der Waals surface area (Å²) in [6.07, 6.45) is 0. The van der Waals surface area contributed by atoms with Gasteiger partial charge in [0, 0.05) is 15.8 Å². The molecule has 0 aliphatic rings. The fourth-order valence-corrected chi connectivity index (χ4v) is 6.92. The van der Waals surface area contributed by atoms with Crippen LogP contribution in [0.25, 0.3) is 27.0 Å². The van der Waals surface area contributed by atoms with Crippen molar-refractivity contribution in [2.45, 2.75) is 19.0 Å². The van der Waals surface area contributed by atoms with Crippen LogP contribution in [0, 0.1) is 19.7 Å². The molecule has 11 heteroatoms. The van der Waals surface area contributed by atoms with E-state index in [1.807, 2.05) is 44.2 Å². The lowest BCUT2D eigenvalue weighted by molar-refractivity contribution is -0.113. The summed E-state index contributed by atoms with van der Waals surface area (Å²) in [5.74, 6) is -1.46. The first kappa shape index (κ1) is 26.8. The zero-order valence-corrected chi connectivity index (χ0v) is 23.6. The number of fused-ring (bicyclic) bond motifs is 1. The van der Waals surface area contributed by atoms with Crippen LogP contribution in [0.4, 0.5) is 9.39 Å². The number of rotatable bonds is 7. The number of methoxy groups -OCH3 is 1. The third-order valence-corrected chi connectivity index (χ3v) is 9.04. The van der Waals surface area contributed by atoms with Crippen molar-refractivity contribution >= 4 is 61.5 Å². The number of halogens is 1. The first-order chi connectivity index (χ1) is 18.8. The molecule has 3 heterocycles. The number of nitrogens with zero attached hydrogens (tertiary/aromatic N) is 2. The van der Waals surface area contributed by atoms with Gasteiger partial charge in [0.1, 0.15) is 21.2 Å². The number of aromatic nitrogens is 2. The summed E-state index contributed by atoms with van der Waals surface area (Å²) in [6.45, 7) is 3.86. The molecule has 0 aliphatic heterocycles. The van der Waals surface area contributed by atoms with Crippen LogP contribution >= 0.6 is 34.4 Å². The van der Waals surface area contributed by atoms with Gasteiger partial charge in [-0.15, -0.1) is 22.7 Å². The van der Waals surface area contributed by atoms with Crippen LogP contribution in [-0.4, -0.2) is 34.3 Å². The number of nitrogens with one attached hydrogen (secondary N) is 1. The van der Waals surface area contributed by atoms with Crippen molar-refractivity contribution in [2.75, 3.05) is 18.2 Å². The molecule has 0 spiro atoms. The Labute approximate surface area is 235 Å². The van der Waals surface area contributed by atoms with E-state index in [4.69, 9.17) is 9.72 Å². The molecule has 0 aliphatic carbocycles. The average molecular weight is 580 g/mol. The zero-order chi connectivity index (χ0) is 27.7. The van der Waals surface area contributed by atoms with Gasteiger partial charge >= 0.3 is 5.97 Å². The topological polar surface area (TPSA) is 90.3 Å². The first-order valence-electron chi connectivity index (χ1n) is 11.7. The molecule has 0 unspecified atom stereocenters. The molecule has 198 valence electrons. The van der Waals surface area contributed by atoms with E-state index in [9.17, 15) is 18.8 Å². The van der Waals surface area contributed by atoms with E-state index in [0.29, 0.717) is 37.2 Å². The fraction of sp³-hybridized carbons (Fsp3) is 0.143. The molecule has 39 heavy (non-hydrogen) atoms. The van der Waals surface area contributed by atoms with Crippen molar-refractivity contribution < 1.29 is 18.7 Å². The number of amides is 1. The molecule has 0 saturated heterocycles. The number of carbonyl (C=O) groups excluding carboxylic acids is 2. The van der Waals surface area contributed by atoms with Gasteiger partial charge in [0.25, 0.3) is 5.56 Å². The van der Waals surface area contributed by atoms with Crippen LogP contribution in [0.3, 0.4) is 0 Å². The largest absolute Gasteiger partial charge is 0.465 e. The summed E-state index contributed by atoms with van der Waals surface area (Å²) in [7, 11) is 1.26. The van der Waals surface area contributed by atoms with Gasteiger partial charge in [0.15, 0.2) is 5.16 Å². The Kier molecular flexibility index (Phi) is 7.65.